The second-order valence-corrected chi connectivity index (χ2v) is 17.4. The minimum Gasteiger partial charge on any atom is -0.310 e. The number of rotatable bonds is 13. The van der Waals surface area contributed by atoms with E-state index in [-0.39, 0.29) is 0 Å². The molecule has 0 spiro atoms. The number of aromatic nitrogens is 1. The molecule has 5 heteroatoms. The van der Waals surface area contributed by atoms with Gasteiger partial charge in [-0.2, -0.15) is 0 Å². The molecule has 0 atom stereocenters. The monoisotopic (exact) mass is 911 g/mol. The third kappa shape index (κ3) is 8.32. The first-order valence-electron chi connectivity index (χ1n) is 24.1. The Kier molecular flexibility index (Phi) is 11.6. The predicted octanol–water partition coefficient (Wildman–Crippen LogP) is 18.7. The Bertz CT molecular complexity index is 3420. The van der Waals surface area contributed by atoms with E-state index in [1.165, 1.54) is 0 Å². The highest BCUT2D eigenvalue weighted by atomic mass is 15.2. The quantitative estimate of drug-likeness (QED) is 0.115. The zero-order chi connectivity index (χ0) is 47.3. The Morgan fingerprint density at radius 3 is 0.831 bits per heavy atom. The highest BCUT2D eigenvalue weighted by Gasteiger charge is 2.27. The van der Waals surface area contributed by atoms with E-state index in [9.17, 15) is 0 Å². The predicted molar refractivity (Wildman–Crippen MR) is 300 cm³/mol. The van der Waals surface area contributed by atoms with E-state index in [4.69, 9.17) is 0 Å². The molecular formula is C66H49N5. The van der Waals surface area contributed by atoms with Gasteiger partial charge in [0.05, 0.1) is 33.8 Å². The molecule has 0 saturated carbocycles. The van der Waals surface area contributed by atoms with Crippen molar-refractivity contribution in [2.45, 2.75) is 0 Å². The normalized spacial score (nSPS) is 11.1. The first kappa shape index (κ1) is 42.8. The summed E-state index contributed by atoms with van der Waals surface area (Å²) >= 11 is 0. The van der Waals surface area contributed by atoms with Crippen molar-refractivity contribution in [2.75, 3.05) is 19.6 Å². The number of benzene rings is 11. The van der Waals surface area contributed by atoms with Crippen LogP contribution in [-0.4, -0.2) is 4.57 Å². The van der Waals surface area contributed by atoms with Crippen LogP contribution in [0.1, 0.15) is 0 Å². The number of anilines is 12. The average Bonchev–Trinajstić information content (AvgIpc) is 3.78. The SMILES string of the molecule is c1ccc(N(c2ccccc2)c2cc(N(c3ccccc3)c3ccccc3)cc(-n3c4ccccc4c4cc(N(c5ccccc5)c5ccccc5)cc(N(c5ccccc5)c5ccccc5)c43)c2)cc1. The Morgan fingerprint density at radius 2 is 0.493 bits per heavy atom. The molecule has 1 heterocycles. The lowest BCUT2D eigenvalue weighted by atomic mass is 10.1. The van der Waals surface area contributed by atoms with Gasteiger partial charge in [0.1, 0.15) is 0 Å². The summed E-state index contributed by atoms with van der Waals surface area (Å²) in [6.07, 6.45) is 0. The molecule has 0 aliphatic rings. The van der Waals surface area contributed by atoms with Crippen molar-refractivity contribution in [2.24, 2.45) is 0 Å². The summed E-state index contributed by atoms with van der Waals surface area (Å²) in [5, 5.41) is 2.27. The number of para-hydroxylation sites is 9. The highest BCUT2D eigenvalue weighted by Crippen LogP contribution is 2.49. The molecule has 71 heavy (non-hydrogen) atoms. The number of fused-ring (bicyclic) bond motifs is 3. The largest absolute Gasteiger partial charge is 0.310 e. The first-order chi connectivity index (χ1) is 35.3. The maximum Gasteiger partial charge on any atom is 0.0784 e. The molecule has 0 amide bonds. The lowest BCUT2D eigenvalue weighted by molar-refractivity contribution is 1.15. The maximum atomic E-state index is 2.49. The van der Waals surface area contributed by atoms with E-state index in [1.807, 2.05) is 0 Å². The van der Waals surface area contributed by atoms with Gasteiger partial charge in [-0.3, -0.25) is 0 Å². The fourth-order valence-corrected chi connectivity index (χ4v) is 9.98. The van der Waals surface area contributed by atoms with Gasteiger partial charge >= 0.3 is 0 Å². The van der Waals surface area contributed by atoms with Crippen LogP contribution < -0.4 is 19.6 Å². The maximum absolute atomic E-state index is 2.49. The Balaban J connectivity index is 1.23. The highest BCUT2D eigenvalue weighted by molar-refractivity contribution is 6.16. The number of hydrogen-bond acceptors (Lipinski definition) is 4. The smallest absolute Gasteiger partial charge is 0.0784 e. The van der Waals surface area contributed by atoms with Crippen LogP contribution in [0, 0.1) is 0 Å². The molecule has 0 aliphatic heterocycles. The van der Waals surface area contributed by atoms with Crippen molar-refractivity contribution >= 4 is 90.1 Å². The fraction of sp³-hybridized carbons (Fsp3) is 0. The summed E-state index contributed by atoms with van der Waals surface area (Å²) < 4.78 is 2.49. The molecule has 0 aliphatic carbocycles. The third-order valence-corrected chi connectivity index (χ3v) is 13.0. The van der Waals surface area contributed by atoms with E-state index in [0.29, 0.717) is 0 Å². The van der Waals surface area contributed by atoms with Crippen molar-refractivity contribution in [3.63, 3.8) is 0 Å². The Morgan fingerprint density at radius 1 is 0.211 bits per heavy atom. The van der Waals surface area contributed by atoms with Crippen molar-refractivity contribution in [3.8, 4) is 5.69 Å². The van der Waals surface area contributed by atoms with Gasteiger partial charge in [0.25, 0.3) is 0 Å². The minimum atomic E-state index is 1.01. The molecular weight excluding hydrogens is 863 g/mol. The molecule has 0 bridgehead atoms. The van der Waals surface area contributed by atoms with E-state index in [0.717, 1.165) is 95.7 Å². The summed E-state index contributed by atoms with van der Waals surface area (Å²) in [5.41, 5.74) is 15.7. The molecule has 0 saturated heterocycles. The summed E-state index contributed by atoms with van der Waals surface area (Å²) in [5.74, 6) is 0. The lowest BCUT2D eigenvalue weighted by Crippen LogP contribution is -2.15. The van der Waals surface area contributed by atoms with Gasteiger partial charge in [-0.1, -0.05) is 164 Å². The van der Waals surface area contributed by atoms with Gasteiger partial charge in [-0.15, -0.1) is 0 Å². The van der Waals surface area contributed by atoms with Crippen LogP contribution in [-0.2, 0) is 0 Å². The molecule has 0 fully saturated rings. The summed E-state index contributed by atoms with van der Waals surface area (Å²) in [6, 6.07) is 106. The number of nitrogens with zero attached hydrogens (tertiary/aromatic N) is 5. The van der Waals surface area contributed by atoms with E-state index in [1.54, 1.807) is 0 Å². The lowest BCUT2D eigenvalue weighted by Gasteiger charge is -2.31. The molecule has 11 aromatic carbocycles. The molecule has 12 aromatic rings. The average molecular weight is 912 g/mol. The summed E-state index contributed by atoms with van der Waals surface area (Å²) in [4.78, 5) is 9.52. The van der Waals surface area contributed by atoms with Gasteiger partial charge in [0, 0.05) is 62.0 Å². The van der Waals surface area contributed by atoms with Crippen molar-refractivity contribution in [3.05, 3.63) is 297 Å². The molecule has 5 nitrogen and oxygen atoms in total. The zero-order valence-electron chi connectivity index (χ0n) is 39.0. The molecule has 338 valence electrons. The van der Waals surface area contributed by atoms with Crippen LogP contribution in [0.4, 0.5) is 68.2 Å². The molecule has 0 N–H and O–H groups in total. The van der Waals surface area contributed by atoms with Crippen molar-refractivity contribution in [1.82, 2.24) is 4.57 Å². The van der Waals surface area contributed by atoms with E-state index >= 15 is 0 Å². The molecule has 0 unspecified atom stereocenters. The van der Waals surface area contributed by atoms with Crippen LogP contribution in [0.15, 0.2) is 297 Å². The topological polar surface area (TPSA) is 17.9 Å². The molecule has 0 radical (unpaired) electrons. The van der Waals surface area contributed by atoms with Crippen molar-refractivity contribution in [1.29, 1.82) is 0 Å². The summed E-state index contributed by atoms with van der Waals surface area (Å²) in [6.45, 7) is 0. The van der Waals surface area contributed by atoms with Crippen LogP contribution in [0.25, 0.3) is 27.5 Å². The van der Waals surface area contributed by atoms with E-state index in [2.05, 4.69) is 321 Å². The third-order valence-electron chi connectivity index (χ3n) is 13.0. The number of hydrogen-bond donors (Lipinski definition) is 0. The minimum absolute atomic E-state index is 1.01. The van der Waals surface area contributed by atoms with Crippen LogP contribution in [0.5, 0.6) is 0 Å². The standard InChI is InChI=1S/C66H49N5/c1-9-27-50(28-10-1)67(51-29-11-2-12-30-51)58-45-59(68(52-31-13-3-14-32-52)53-33-15-4-16-34-53)47-60(46-58)71-64-44-26-25-43-62(64)63-48-61(69(54-35-17-5-18-36-54)55-37-19-6-20-38-55)49-65(66(63)71)70(56-39-21-7-22-40-56)57-41-23-8-24-42-57/h1-49H. The molecule has 12 rings (SSSR count). The zero-order valence-corrected chi connectivity index (χ0v) is 39.0. The van der Waals surface area contributed by atoms with Gasteiger partial charge in [0.15, 0.2) is 0 Å². The van der Waals surface area contributed by atoms with Crippen LogP contribution >= 0.6 is 0 Å². The van der Waals surface area contributed by atoms with Gasteiger partial charge in [0.2, 0.25) is 0 Å². The second-order valence-electron chi connectivity index (χ2n) is 17.4. The van der Waals surface area contributed by atoms with Gasteiger partial charge < -0.3 is 24.2 Å². The Hall–Kier alpha value is -9.58. The van der Waals surface area contributed by atoms with Crippen molar-refractivity contribution < 1.29 is 0 Å². The molecule has 1 aromatic heterocycles. The van der Waals surface area contributed by atoms with Crippen LogP contribution in [0.3, 0.4) is 0 Å². The summed E-state index contributed by atoms with van der Waals surface area (Å²) in [7, 11) is 0. The van der Waals surface area contributed by atoms with Crippen LogP contribution in [0.2, 0.25) is 0 Å². The second kappa shape index (κ2) is 19.2. The fourth-order valence-electron chi connectivity index (χ4n) is 9.98. The Labute approximate surface area is 415 Å². The van der Waals surface area contributed by atoms with Gasteiger partial charge in [-0.05, 0) is 133 Å². The van der Waals surface area contributed by atoms with E-state index < -0.39 is 0 Å². The first-order valence-corrected chi connectivity index (χ1v) is 24.1. The van der Waals surface area contributed by atoms with Gasteiger partial charge in [-0.25, -0.2) is 0 Å².